The molecule has 0 aliphatic carbocycles. The van der Waals surface area contributed by atoms with Crippen molar-refractivity contribution >= 4 is 0 Å². The highest BCUT2D eigenvalue weighted by atomic mass is 16.5. The van der Waals surface area contributed by atoms with Gasteiger partial charge in [-0.2, -0.15) is 0 Å². The van der Waals surface area contributed by atoms with E-state index in [1.807, 2.05) is 0 Å². The van der Waals surface area contributed by atoms with Gasteiger partial charge in [0.05, 0.1) is 57.2 Å². The second-order valence-electron chi connectivity index (χ2n) is 8.77. The van der Waals surface area contributed by atoms with Gasteiger partial charge in [0.15, 0.2) is 0 Å². The van der Waals surface area contributed by atoms with Gasteiger partial charge >= 0.3 is 17.1 Å². The summed E-state index contributed by atoms with van der Waals surface area (Å²) in [5, 5.41) is 0. The van der Waals surface area contributed by atoms with Gasteiger partial charge in [0.1, 0.15) is 38.1 Å². The molecule has 1 rings (SSSR count). The SMILES string of the molecule is C/C=C/OCC(Cn1c(=O)n(CC(CO/C=C/C)O/C=C/C)c(=O)n(CC(CO/C=C/C)O/C=C/C)c1=O)O/C=C/C. The molecule has 1 aromatic heterocycles. The first kappa shape index (κ1) is 35.7. The Hall–Kier alpha value is -4.35. The molecule has 0 aliphatic heterocycles. The first-order chi connectivity index (χ1) is 20.4. The summed E-state index contributed by atoms with van der Waals surface area (Å²) < 4.78 is 36.4. The highest BCUT2D eigenvalue weighted by Crippen LogP contribution is 2.02. The standard InChI is InChI=1S/C30H45N3O9/c1-7-13-37-22-25(40-16-10-4)19-31-28(34)32(20-26(41-17-11-5)23-38-14-8-2)30(36)33(29(31)35)21-27(42-18-12-6)24-39-15-9-3/h7-18,25-27H,19-24H2,1-6H3/b13-7+,14-8+,15-9+,16-10+,17-11+,18-12+. The largest absolute Gasteiger partial charge is 0.498 e. The van der Waals surface area contributed by atoms with E-state index in [1.165, 1.54) is 37.6 Å². The molecule has 0 N–H and O–H groups in total. The first-order valence-corrected chi connectivity index (χ1v) is 13.8. The van der Waals surface area contributed by atoms with Crippen molar-refractivity contribution in [2.24, 2.45) is 0 Å². The third-order valence-electron chi connectivity index (χ3n) is 5.31. The predicted molar refractivity (Wildman–Crippen MR) is 161 cm³/mol. The number of hydrogen-bond donors (Lipinski definition) is 0. The van der Waals surface area contributed by atoms with Crippen molar-refractivity contribution in [2.45, 2.75) is 79.5 Å². The molecule has 1 aromatic rings. The Morgan fingerprint density at radius 2 is 0.690 bits per heavy atom. The molecule has 0 fully saturated rings. The molecule has 12 nitrogen and oxygen atoms in total. The van der Waals surface area contributed by atoms with Gasteiger partial charge in [-0.25, -0.2) is 28.1 Å². The van der Waals surface area contributed by atoms with Crippen molar-refractivity contribution in [3.8, 4) is 0 Å². The average molecular weight is 592 g/mol. The molecule has 0 saturated heterocycles. The number of ether oxygens (including phenoxy) is 6. The lowest BCUT2D eigenvalue weighted by atomic mass is 10.3. The van der Waals surface area contributed by atoms with Crippen LogP contribution in [0.5, 0.6) is 0 Å². The number of nitrogens with zero attached hydrogens (tertiary/aromatic N) is 3. The average Bonchev–Trinajstić information content (AvgIpc) is 2.99. The van der Waals surface area contributed by atoms with Crippen LogP contribution in [0.2, 0.25) is 0 Å². The van der Waals surface area contributed by atoms with Gasteiger partial charge in [-0.3, -0.25) is 0 Å². The topological polar surface area (TPSA) is 121 Å². The maximum absolute atomic E-state index is 13.7. The fourth-order valence-electron chi connectivity index (χ4n) is 3.51. The fraction of sp³-hybridized carbons (Fsp3) is 0.500. The van der Waals surface area contributed by atoms with Crippen molar-refractivity contribution in [3.05, 3.63) is 105 Å². The van der Waals surface area contributed by atoms with Gasteiger partial charge in [-0.1, -0.05) is 36.5 Å². The molecule has 0 amide bonds. The minimum Gasteiger partial charge on any atom is -0.498 e. The molecule has 234 valence electrons. The lowest BCUT2D eigenvalue weighted by Gasteiger charge is -2.22. The van der Waals surface area contributed by atoms with Crippen LogP contribution in [0.1, 0.15) is 41.5 Å². The zero-order valence-corrected chi connectivity index (χ0v) is 25.4. The molecule has 3 unspecified atom stereocenters. The van der Waals surface area contributed by atoms with E-state index in [9.17, 15) is 14.4 Å². The summed E-state index contributed by atoms with van der Waals surface area (Å²) in [5.74, 6) is 0. The third-order valence-corrected chi connectivity index (χ3v) is 5.31. The Balaban J connectivity index is 3.73. The molecule has 1 heterocycles. The van der Waals surface area contributed by atoms with Crippen LogP contribution in [-0.2, 0) is 48.1 Å². The quantitative estimate of drug-likeness (QED) is 0.198. The normalized spacial score (nSPS) is 14.4. The van der Waals surface area contributed by atoms with Crippen LogP contribution in [0.15, 0.2) is 88.4 Å². The van der Waals surface area contributed by atoms with Crippen LogP contribution < -0.4 is 17.1 Å². The molecule has 0 aromatic carbocycles. The van der Waals surface area contributed by atoms with Gasteiger partial charge in [-0.15, -0.1) is 0 Å². The van der Waals surface area contributed by atoms with Crippen LogP contribution in [0.3, 0.4) is 0 Å². The molecule has 0 saturated carbocycles. The monoisotopic (exact) mass is 591 g/mol. The van der Waals surface area contributed by atoms with Gasteiger partial charge < -0.3 is 28.4 Å². The number of rotatable bonds is 21. The fourth-order valence-corrected chi connectivity index (χ4v) is 3.51. The van der Waals surface area contributed by atoms with Crippen molar-refractivity contribution in [1.29, 1.82) is 0 Å². The van der Waals surface area contributed by atoms with E-state index in [0.717, 1.165) is 13.7 Å². The van der Waals surface area contributed by atoms with Crippen molar-refractivity contribution in [1.82, 2.24) is 13.7 Å². The Bertz CT molecular complexity index is 1070. The molecule has 12 heteroatoms. The molecule has 0 radical (unpaired) electrons. The lowest BCUT2D eigenvalue weighted by Crippen LogP contribution is -2.57. The Morgan fingerprint density at radius 1 is 0.452 bits per heavy atom. The Kier molecular flexibility index (Phi) is 18.2. The van der Waals surface area contributed by atoms with Gasteiger partial charge in [-0.05, 0) is 41.5 Å². The highest BCUT2D eigenvalue weighted by Gasteiger charge is 2.24. The first-order valence-electron chi connectivity index (χ1n) is 13.8. The molecule has 3 atom stereocenters. The number of aromatic nitrogens is 3. The van der Waals surface area contributed by atoms with Crippen LogP contribution >= 0.6 is 0 Å². The zero-order valence-electron chi connectivity index (χ0n) is 25.4. The van der Waals surface area contributed by atoms with Crippen LogP contribution in [0, 0.1) is 0 Å². The molecular formula is C30H45N3O9. The van der Waals surface area contributed by atoms with Gasteiger partial charge in [0, 0.05) is 0 Å². The van der Waals surface area contributed by atoms with Crippen LogP contribution in [0.4, 0.5) is 0 Å². The molecular weight excluding hydrogens is 546 g/mol. The second-order valence-corrected chi connectivity index (χ2v) is 8.77. The van der Waals surface area contributed by atoms with Crippen molar-refractivity contribution < 1.29 is 28.4 Å². The minimum atomic E-state index is -0.822. The summed E-state index contributed by atoms with van der Waals surface area (Å²) in [5.41, 5.74) is -2.47. The Morgan fingerprint density at radius 3 is 0.905 bits per heavy atom. The van der Waals surface area contributed by atoms with Crippen LogP contribution in [0.25, 0.3) is 0 Å². The number of hydrogen-bond acceptors (Lipinski definition) is 9. The second kappa shape index (κ2) is 21.4. The predicted octanol–water partition coefficient (Wildman–Crippen LogP) is 3.58. The van der Waals surface area contributed by atoms with E-state index in [-0.39, 0.29) is 39.5 Å². The van der Waals surface area contributed by atoms with E-state index in [4.69, 9.17) is 28.4 Å². The molecule has 0 spiro atoms. The summed E-state index contributed by atoms with van der Waals surface area (Å²) in [4.78, 5) is 41.1. The summed E-state index contributed by atoms with van der Waals surface area (Å²) >= 11 is 0. The van der Waals surface area contributed by atoms with E-state index < -0.39 is 35.4 Å². The summed E-state index contributed by atoms with van der Waals surface area (Å²) in [7, 11) is 0. The molecule has 0 aliphatic rings. The van der Waals surface area contributed by atoms with E-state index in [1.54, 1.807) is 78.0 Å². The lowest BCUT2D eigenvalue weighted by molar-refractivity contribution is 0.0423. The summed E-state index contributed by atoms with van der Waals surface area (Å²) in [6.45, 7) is 10.3. The van der Waals surface area contributed by atoms with Gasteiger partial charge in [0.2, 0.25) is 0 Å². The third kappa shape index (κ3) is 12.4. The maximum atomic E-state index is 13.7. The zero-order chi connectivity index (χ0) is 31.2. The van der Waals surface area contributed by atoms with Gasteiger partial charge in [0.25, 0.3) is 0 Å². The summed E-state index contributed by atoms with van der Waals surface area (Å²) in [6, 6.07) is 0. The maximum Gasteiger partial charge on any atom is 0.336 e. The Labute approximate surface area is 247 Å². The number of allylic oxidation sites excluding steroid dienone is 6. The van der Waals surface area contributed by atoms with E-state index in [0.29, 0.717) is 0 Å². The van der Waals surface area contributed by atoms with E-state index in [2.05, 4.69) is 0 Å². The summed E-state index contributed by atoms with van der Waals surface area (Å²) in [6.07, 6.45) is 16.8. The van der Waals surface area contributed by atoms with Crippen molar-refractivity contribution in [2.75, 3.05) is 19.8 Å². The minimum absolute atomic E-state index is 0.0497. The van der Waals surface area contributed by atoms with E-state index >= 15 is 0 Å². The highest BCUT2D eigenvalue weighted by molar-refractivity contribution is 4.85. The molecule has 42 heavy (non-hydrogen) atoms. The smallest absolute Gasteiger partial charge is 0.336 e. The van der Waals surface area contributed by atoms with Crippen molar-refractivity contribution in [3.63, 3.8) is 0 Å². The molecule has 0 bridgehead atoms. The van der Waals surface area contributed by atoms with Crippen LogP contribution in [-0.4, -0.2) is 51.8 Å².